The summed E-state index contributed by atoms with van der Waals surface area (Å²) in [7, 11) is 1.84. The van der Waals surface area contributed by atoms with Crippen LogP contribution in [0.2, 0.25) is 0 Å². The van der Waals surface area contributed by atoms with E-state index in [2.05, 4.69) is 53.6 Å². The van der Waals surface area contributed by atoms with E-state index in [1.165, 1.54) is 17.7 Å². The summed E-state index contributed by atoms with van der Waals surface area (Å²) in [5.74, 6) is 1.64. The second kappa shape index (κ2) is 5.46. The molecule has 1 aliphatic rings. The van der Waals surface area contributed by atoms with Gasteiger partial charge in [-0.2, -0.15) is 4.98 Å². The predicted octanol–water partition coefficient (Wildman–Crippen LogP) is 3.51. The molecule has 6 heteroatoms. The Bertz CT molecular complexity index is 554. The molecule has 2 heterocycles. The maximum atomic E-state index is 4.59. The molecular formula is C13H15BrN4S. The van der Waals surface area contributed by atoms with Crippen molar-refractivity contribution in [3.63, 3.8) is 0 Å². The molecule has 0 unspecified atom stereocenters. The molecule has 3 rings (SSSR count). The van der Waals surface area contributed by atoms with Crippen LogP contribution in [0.25, 0.3) is 0 Å². The van der Waals surface area contributed by atoms with E-state index in [-0.39, 0.29) is 0 Å². The summed E-state index contributed by atoms with van der Waals surface area (Å²) in [6.07, 6.45) is 4.31. The van der Waals surface area contributed by atoms with Gasteiger partial charge < -0.3 is 10.2 Å². The Morgan fingerprint density at radius 2 is 2.37 bits per heavy atom. The highest BCUT2D eigenvalue weighted by Crippen LogP contribution is 2.36. The van der Waals surface area contributed by atoms with E-state index >= 15 is 0 Å². The van der Waals surface area contributed by atoms with Crippen molar-refractivity contribution in [1.82, 2.24) is 9.97 Å². The number of aromatic nitrogens is 2. The maximum absolute atomic E-state index is 4.59. The minimum absolute atomic E-state index is 0.609. The zero-order valence-corrected chi connectivity index (χ0v) is 13.0. The Kier molecular flexibility index (Phi) is 3.70. The van der Waals surface area contributed by atoms with Crippen LogP contribution in [0.15, 0.2) is 28.2 Å². The molecule has 100 valence electrons. The third-order valence-corrected chi connectivity index (χ3v) is 4.54. The Morgan fingerprint density at radius 1 is 1.53 bits per heavy atom. The molecule has 1 N–H and O–H groups in total. The van der Waals surface area contributed by atoms with Crippen molar-refractivity contribution in [2.24, 2.45) is 0 Å². The number of rotatable bonds is 5. The van der Waals surface area contributed by atoms with Gasteiger partial charge in [0.1, 0.15) is 5.82 Å². The molecule has 1 saturated carbocycles. The lowest BCUT2D eigenvalue weighted by molar-refractivity contribution is 0.781. The maximum Gasteiger partial charge on any atom is 0.224 e. The molecule has 0 atom stereocenters. The lowest BCUT2D eigenvalue weighted by Crippen LogP contribution is -2.26. The molecule has 0 amide bonds. The van der Waals surface area contributed by atoms with Crippen molar-refractivity contribution < 1.29 is 0 Å². The fraction of sp³-hybridized carbons (Fsp3) is 0.385. The normalized spacial score (nSPS) is 14.4. The second-order valence-corrected chi connectivity index (χ2v) is 6.44. The van der Waals surface area contributed by atoms with E-state index in [0.717, 1.165) is 16.8 Å². The quantitative estimate of drug-likeness (QED) is 0.905. The van der Waals surface area contributed by atoms with Gasteiger partial charge in [-0.05, 0) is 40.2 Å². The molecule has 0 radical (unpaired) electrons. The van der Waals surface area contributed by atoms with Crippen molar-refractivity contribution in [2.75, 3.05) is 17.3 Å². The zero-order valence-electron chi connectivity index (χ0n) is 10.6. The van der Waals surface area contributed by atoms with Crippen molar-refractivity contribution in [1.29, 1.82) is 0 Å². The lowest BCUT2D eigenvalue weighted by Gasteiger charge is -2.24. The zero-order chi connectivity index (χ0) is 13.2. The highest BCUT2D eigenvalue weighted by molar-refractivity contribution is 9.10. The van der Waals surface area contributed by atoms with Crippen LogP contribution in [0, 0.1) is 0 Å². The first-order chi connectivity index (χ1) is 9.28. The first kappa shape index (κ1) is 12.9. The fourth-order valence-electron chi connectivity index (χ4n) is 2.01. The molecule has 0 saturated heterocycles. The first-order valence-corrected chi connectivity index (χ1v) is 7.94. The Morgan fingerprint density at radius 3 is 3.00 bits per heavy atom. The number of nitrogens with one attached hydrogen (secondary N) is 1. The second-order valence-electron chi connectivity index (χ2n) is 4.55. The van der Waals surface area contributed by atoms with Gasteiger partial charge in [-0.25, -0.2) is 4.98 Å². The van der Waals surface area contributed by atoms with E-state index in [4.69, 9.17) is 0 Å². The number of hydrogen-bond acceptors (Lipinski definition) is 5. The summed E-state index contributed by atoms with van der Waals surface area (Å²) in [5.41, 5.74) is 0. The molecule has 0 bridgehead atoms. The fourth-order valence-corrected chi connectivity index (χ4v) is 3.14. The molecule has 0 aliphatic heterocycles. The van der Waals surface area contributed by atoms with Gasteiger partial charge in [0.05, 0.1) is 11.0 Å². The summed E-state index contributed by atoms with van der Waals surface area (Å²) in [4.78, 5) is 12.6. The minimum atomic E-state index is 0.609. The van der Waals surface area contributed by atoms with E-state index in [9.17, 15) is 0 Å². The van der Waals surface area contributed by atoms with E-state index in [1.807, 2.05) is 13.2 Å². The molecule has 4 nitrogen and oxygen atoms in total. The highest BCUT2D eigenvalue weighted by Gasteiger charge is 2.31. The topological polar surface area (TPSA) is 41.1 Å². The van der Waals surface area contributed by atoms with E-state index in [1.54, 1.807) is 11.3 Å². The van der Waals surface area contributed by atoms with Crippen LogP contribution in [0.4, 0.5) is 11.8 Å². The predicted molar refractivity (Wildman–Crippen MR) is 82.8 cm³/mol. The largest absolute Gasteiger partial charge is 0.357 e. The van der Waals surface area contributed by atoms with Crippen LogP contribution >= 0.6 is 27.3 Å². The number of halogens is 1. The third-order valence-electron chi connectivity index (χ3n) is 3.12. The number of thiophene rings is 1. The molecule has 0 aromatic carbocycles. The summed E-state index contributed by atoms with van der Waals surface area (Å²) in [6.45, 7) is 0.918. The molecule has 0 spiro atoms. The van der Waals surface area contributed by atoms with Crippen molar-refractivity contribution in [3.8, 4) is 0 Å². The van der Waals surface area contributed by atoms with E-state index in [0.29, 0.717) is 12.0 Å². The summed E-state index contributed by atoms with van der Waals surface area (Å²) >= 11 is 5.36. The number of nitrogens with zero attached hydrogens (tertiary/aromatic N) is 3. The van der Waals surface area contributed by atoms with Crippen LogP contribution in [-0.2, 0) is 6.54 Å². The van der Waals surface area contributed by atoms with Gasteiger partial charge >= 0.3 is 0 Å². The summed E-state index contributed by atoms with van der Waals surface area (Å²) < 4.78 is 0.954. The first-order valence-electron chi connectivity index (χ1n) is 6.27. The standard InChI is InChI=1S/C13H15BrN4S/c1-15-13-16-7-11(14)12(17-13)18(9-4-5-9)8-10-3-2-6-19-10/h2-3,6-7,9H,4-5,8H2,1H3,(H,15,16,17). The summed E-state index contributed by atoms with van der Waals surface area (Å²) in [5, 5.41) is 5.12. The average Bonchev–Trinajstić information content (AvgIpc) is 3.14. The number of hydrogen-bond donors (Lipinski definition) is 1. The molecule has 1 aliphatic carbocycles. The Balaban J connectivity index is 1.91. The molecule has 1 fully saturated rings. The average molecular weight is 339 g/mol. The van der Waals surface area contributed by atoms with Gasteiger partial charge in [0, 0.05) is 24.2 Å². The smallest absolute Gasteiger partial charge is 0.224 e. The van der Waals surface area contributed by atoms with Gasteiger partial charge in [0.15, 0.2) is 0 Å². The monoisotopic (exact) mass is 338 g/mol. The Labute approximate surface area is 125 Å². The molecular weight excluding hydrogens is 324 g/mol. The van der Waals surface area contributed by atoms with Gasteiger partial charge in [-0.15, -0.1) is 11.3 Å². The van der Waals surface area contributed by atoms with Crippen LogP contribution in [-0.4, -0.2) is 23.1 Å². The van der Waals surface area contributed by atoms with Crippen molar-refractivity contribution in [3.05, 3.63) is 33.1 Å². The number of anilines is 2. The van der Waals surface area contributed by atoms with Gasteiger partial charge in [-0.3, -0.25) is 0 Å². The molecule has 2 aromatic rings. The van der Waals surface area contributed by atoms with Gasteiger partial charge in [0.2, 0.25) is 5.95 Å². The van der Waals surface area contributed by atoms with Crippen molar-refractivity contribution >= 4 is 39.0 Å². The molecule has 19 heavy (non-hydrogen) atoms. The van der Waals surface area contributed by atoms with Crippen molar-refractivity contribution in [2.45, 2.75) is 25.4 Å². The third kappa shape index (κ3) is 2.90. The Hall–Kier alpha value is -1.14. The van der Waals surface area contributed by atoms with E-state index < -0.39 is 0 Å². The van der Waals surface area contributed by atoms with Crippen LogP contribution in [0.3, 0.4) is 0 Å². The molecule has 2 aromatic heterocycles. The van der Waals surface area contributed by atoms with Gasteiger partial charge in [-0.1, -0.05) is 6.07 Å². The van der Waals surface area contributed by atoms with Gasteiger partial charge in [0.25, 0.3) is 0 Å². The van der Waals surface area contributed by atoms with Crippen LogP contribution in [0.5, 0.6) is 0 Å². The summed E-state index contributed by atoms with van der Waals surface area (Å²) in [6, 6.07) is 4.88. The lowest BCUT2D eigenvalue weighted by atomic mass is 10.3. The van der Waals surface area contributed by atoms with Crippen LogP contribution < -0.4 is 10.2 Å². The van der Waals surface area contributed by atoms with Crippen LogP contribution in [0.1, 0.15) is 17.7 Å². The SMILES string of the molecule is CNc1ncc(Br)c(N(Cc2cccs2)C2CC2)n1. The highest BCUT2D eigenvalue weighted by atomic mass is 79.9. The minimum Gasteiger partial charge on any atom is -0.357 e.